The van der Waals surface area contributed by atoms with Gasteiger partial charge in [-0.05, 0) is 19.9 Å². The minimum Gasteiger partial charge on any atom is -0.464 e. The maximum absolute atomic E-state index is 5.32. The van der Waals surface area contributed by atoms with E-state index in [0.717, 1.165) is 13.0 Å². The highest BCUT2D eigenvalue weighted by molar-refractivity contribution is 4.90. The summed E-state index contributed by atoms with van der Waals surface area (Å²) in [6.07, 6.45) is 2.33. The van der Waals surface area contributed by atoms with Crippen LogP contribution >= 0.6 is 0 Å². The van der Waals surface area contributed by atoms with Gasteiger partial charge in [-0.2, -0.15) is 10.1 Å². The Bertz CT molecular complexity index is 223. The molecule has 12 heavy (non-hydrogen) atoms. The van der Waals surface area contributed by atoms with E-state index in [2.05, 4.69) is 10.1 Å². The van der Waals surface area contributed by atoms with E-state index < -0.39 is 0 Å². The molecule has 0 fully saturated rings. The fourth-order valence-electron chi connectivity index (χ4n) is 0.829. The van der Waals surface area contributed by atoms with E-state index in [0.29, 0.717) is 19.2 Å². The largest absolute Gasteiger partial charge is 0.464 e. The van der Waals surface area contributed by atoms with Crippen LogP contribution in [-0.2, 0) is 6.54 Å². The summed E-state index contributed by atoms with van der Waals surface area (Å²) in [4.78, 5) is 3.95. The minimum atomic E-state index is 0.575. The van der Waals surface area contributed by atoms with Crippen LogP contribution in [0.25, 0.3) is 0 Å². The lowest BCUT2D eigenvalue weighted by Crippen LogP contribution is -2.09. The number of rotatable bonds is 5. The fraction of sp³-hybridized carbons (Fsp3) is 0.714. The third kappa shape index (κ3) is 2.20. The molecule has 5 heteroatoms. The highest BCUT2D eigenvalue weighted by Crippen LogP contribution is 2.03. The third-order valence-electron chi connectivity index (χ3n) is 1.46. The zero-order valence-electron chi connectivity index (χ0n) is 7.23. The summed E-state index contributed by atoms with van der Waals surface area (Å²) in [6.45, 7) is 4.01. The molecule has 1 aromatic rings. The number of nitrogens with two attached hydrogens (primary N) is 1. The van der Waals surface area contributed by atoms with Gasteiger partial charge < -0.3 is 10.5 Å². The van der Waals surface area contributed by atoms with Crippen LogP contribution in [0.5, 0.6) is 6.01 Å². The summed E-state index contributed by atoms with van der Waals surface area (Å²) in [6, 6.07) is 0.575. The van der Waals surface area contributed by atoms with Gasteiger partial charge in [0.2, 0.25) is 0 Å². The predicted octanol–water partition coefficient (Wildman–Crippen LogP) is 0.0256. The van der Waals surface area contributed by atoms with Gasteiger partial charge in [-0.3, -0.25) is 0 Å². The molecule has 5 nitrogen and oxygen atoms in total. The van der Waals surface area contributed by atoms with Crippen LogP contribution in [0.2, 0.25) is 0 Å². The molecular weight excluding hydrogens is 156 g/mol. The van der Waals surface area contributed by atoms with Crippen molar-refractivity contribution in [2.45, 2.75) is 19.9 Å². The van der Waals surface area contributed by atoms with Crippen molar-refractivity contribution in [1.29, 1.82) is 0 Å². The maximum Gasteiger partial charge on any atom is 0.314 e. The Kier molecular flexibility index (Phi) is 3.53. The van der Waals surface area contributed by atoms with Gasteiger partial charge in [0.25, 0.3) is 0 Å². The maximum atomic E-state index is 5.32. The summed E-state index contributed by atoms with van der Waals surface area (Å²) in [7, 11) is 0. The van der Waals surface area contributed by atoms with Crippen LogP contribution < -0.4 is 10.5 Å². The molecule has 0 atom stereocenters. The number of aromatic nitrogens is 3. The van der Waals surface area contributed by atoms with Crippen molar-refractivity contribution < 1.29 is 4.74 Å². The normalized spacial score (nSPS) is 10.2. The summed E-state index contributed by atoms with van der Waals surface area (Å²) in [5.41, 5.74) is 5.32. The van der Waals surface area contributed by atoms with Gasteiger partial charge in [0.1, 0.15) is 6.33 Å². The first-order valence-corrected chi connectivity index (χ1v) is 4.09. The monoisotopic (exact) mass is 170 g/mol. The Morgan fingerprint density at radius 2 is 2.50 bits per heavy atom. The Balaban J connectivity index is 2.39. The topological polar surface area (TPSA) is 66.0 Å². The molecule has 0 aromatic carbocycles. The highest BCUT2D eigenvalue weighted by Gasteiger charge is 2.01. The molecule has 0 radical (unpaired) electrons. The molecule has 1 rings (SSSR count). The Hall–Kier alpha value is -1.10. The van der Waals surface area contributed by atoms with E-state index >= 15 is 0 Å². The van der Waals surface area contributed by atoms with E-state index in [-0.39, 0.29) is 0 Å². The summed E-state index contributed by atoms with van der Waals surface area (Å²) in [5, 5.41) is 3.96. The van der Waals surface area contributed by atoms with Crippen LogP contribution in [0.4, 0.5) is 0 Å². The first-order valence-electron chi connectivity index (χ1n) is 4.09. The van der Waals surface area contributed by atoms with Gasteiger partial charge in [-0.15, -0.1) is 0 Å². The van der Waals surface area contributed by atoms with E-state index in [4.69, 9.17) is 10.5 Å². The van der Waals surface area contributed by atoms with Crippen LogP contribution in [0, 0.1) is 0 Å². The smallest absolute Gasteiger partial charge is 0.314 e. The van der Waals surface area contributed by atoms with E-state index in [1.54, 1.807) is 4.68 Å². The lowest BCUT2D eigenvalue weighted by atomic mass is 10.5. The lowest BCUT2D eigenvalue weighted by Gasteiger charge is -2.03. The molecule has 0 aliphatic carbocycles. The molecular formula is C7H14N4O. The standard InChI is InChI=1S/C7H14N4O/c1-2-11-7(9-6-10-11)12-5-3-4-8/h6H,2-5,8H2,1H3. The van der Waals surface area contributed by atoms with Gasteiger partial charge >= 0.3 is 6.01 Å². The zero-order valence-corrected chi connectivity index (χ0v) is 7.23. The van der Waals surface area contributed by atoms with Gasteiger partial charge in [0.05, 0.1) is 6.61 Å². The van der Waals surface area contributed by atoms with Gasteiger partial charge in [-0.25, -0.2) is 4.68 Å². The quantitative estimate of drug-likeness (QED) is 0.633. The van der Waals surface area contributed by atoms with Crippen LogP contribution in [0.15, 0.2) is 6.33 Å². The van der Waals surface area contributed by atoms with Crippen molar-refractivity contribution >= 4 is 0 Å². The van der Waals surface area contributed by atoms with Crippen molar-refractivity contribution in [2.75, 3.05) is 13.2 Å². The van der Waals surface area contributed by atoms with Crippen molar-refractivity contribution in [3.8, 4) is 6.01 Å². The van der Waals surface area contributed by atoms with Gasteiger partial charge in [0.15, 0.2) is 0 Å². The summed E-state index contributed by atoms with van der Waals surface area (Å²) >= 11 is 0. The molecule has 0 aliphatic rings. The van der Waals surface area contributed by atoms with Crippen molar-refractivity contribution in [3.63, 3.8) is 0 Å². The average molecular weight is 170 g/mol. The third-order valence-corrected chi connectivity index (χ3v) is 1.46. The van der Waals surface area contributed by atoms with Crippen LogP contribution in [0.1, 0.15) is 13.3 Å². The summed E-state index contributed by atoms with van der Waals surface area (Å²) in [5.74, 6) is 0. The Labute approximate surface area is 71.5 Å². The second-order valence-corrected chi connectivity index (χ2v) is 2.35. The highest BCUT2D eigenvalue weighted by atomic mass is 16.5. The molecule has 2 N–H and O–H groups in total. The van der Waals surface area contributed by atoms with Crippen LogP contribution in [-0.4, -0.2) is 27.9 Å². The first kappa shape index (κ1) is 8.99. The van der Waals surface area contributed by atoms with Gasteiger partial charge in [-0.1, -0.05) is 0 Å². The second kappa shape index (κ2) is 4.71. The predicted molar refractivity (Wildman–Crippen MR) is 44.9 cm³/mol. The molecule has 0 saturated heterocycles. The first-order chi connectivity index (χ1) is 5.88. The minimum absolute atomic E-state index is 0.575. The van der Waals surface area contributed by atoms with E-state index in [9.17, 15) is 0 Å². The zero-order chi connectivity index (χ0) is 8.81. The summed E-state index contributed by atoms with van der Waals surface area (Å²) < 4.78 is 7.02. The van der Waals surface area contributed by atoms with Crippen LogP contribution in [0.3, 0.4) is 0 Å². The molecule has 1 heterocycles. The molecule has 0 spiro atoms. The second-order valence-electron chi connectivity index (χ2n) is 2.35. The SMILES string of the molecule is CCn1ncnc1OCCCN. The van der Waals surface area contributed by atoms with Crippen molar-refractivity contribution in [1.82, 2.24) is 14.8 Å². The molecule has 0 bridgehead atoms. The molecule has 0 amide bonds. The van der Waals surface area contributed by atoms with Gasteiger partial charge in [0, 0.05) is 6.54 Å². The number of ether oxygens (including phenoxy) is 1. The molecule has 68 valence electrons. The number of aryl methyl sites for hydroxylation is 1. The van der Waals surface area contributed by atoms with Crippen molar-refractivity contribution in [2.24, 2.45) is 5.73 Å². The Morgan fingerprint density at radius 1 is 1.67 bits per heavy atom. The fourth-order valence-corrected chi connectivity index (χ4v) is 0.829. The molecule has 0 aliphatic heterocycles. The lowest BCUT2D eigenvalue weighted by molar-refractivity contribution is 0.271. The van der Waals surface area contributed by atoms with E-state index in [1.165, 1.54) is 6.33 Å². The van der Waals surface area contributed by atoms with Crippen molar-refractivity contribution in [3.05, 3.63) is 6.33 Å². The molecule has 1 aromatic heterocycles. The number of hydrogen-bond acceptors (Lipinski definition) is 4. The average Bonchev–Trinajstić information content (AvgIpc) is 2.52. The Morgan fingerprint density at radius 3 is 3.17 bits per heavy atom. The number of nitrogens with zero attached hydrogens (tertiary/aromatic N) is 3. The molecule has 0 unspecified atom stereocenters. The number of hydrogen-bond donors (Lipinski definition) is 1. The molecule has 0 saturated carbocycles. The van der Waals surface area contributed by atoms with E-state index in [1.807, 2.05) is 6.92 Å².